The molecule has 0 radical (unpaired) electrons. The summed E-state index contributed by atoms with van der Waals surface area (Å²) in [5.41, 5.74) is 5.42. The molecule has 3 aromatic carbocycles. The zero-order valence-electron chi connectivity index (χ0n) is 17.9. The van der Waals surface area contributed by atoms with Crippen molar-refractivity contribution in [2.45, 2.75) is 32.1 Å². The molecular weight excluding hydrogens is 398 g/mol. The van der Waals surface area contributed by atoms with Gasteiger partial charge in [-0.3, -0.25) is 9.59 Å². The zero-order valence-corrected chi connectivity index (χ0v) is 17.9. The number of nitriles is 1. The molecule has 4 rings (SSSR count). The van der Waals surface area contributed by atoms with E-state index in [2.05, 4.69) is 11.4 Å². The Bertz CT molecular complexity index is 1150. The minimum atomic E-state index is -0.0534. The molecule has 0 atom stereocenters. The summed E-state index contributed by atoms with van der Waals surface area (Å²) in [5.74, 6) is 0.0403. The van der Waals surface area contributed by atoms with Crippen LogP contribution in [0.15, 0.2) is 72.8 Å². The Kier molecular flexibility index (Phi) is 6.62. The molecular formula is C27H25N3O2. The Balaban J connectivity index is 1.39. The number of carbonyl (C=O) groups is 2. The van der Waals surface area contributed by atoms with E-state index in [-0.39, 0.29) is 11.8 Å². The van der Waals surface area contributed by atoms with E-state index in [1.165, 1.54) is 0 Å². The van der Waals surface area contributed by atoms with E-state index in [1.54, 1.807) is 12.1 Å². The first-order valence-corrected chi connectivity index (χ1v) is 10.9. The van der Waals surface area contributed by atoms with Gasteiger partial charge in [-0.1, -0.05) is 42.5 Å². The number of rotatable bonds is 6. The number of aryl methyl sites for hydroxylation is 2. The van der Waals surface area contributed by atoms with Crippen LogP contribution in [0.3, 0.4) is 0 Å². The molecule has 2 amide bonds. The summed E-state index contributed by atoms with van der Waals surface area (Å²) in [5, 5.41) is 11.9. The normalized spacial score (nSPS) is 12.5. The number of amides is 2. The Hall–Kier alpha value is -3.91. The fourth-order valence-corrected chi connectivity index (χ4v) is 4.05. The van der Waals surface area contributed by atoms with Gasteiger partial charge in [-0.2, -0.15) is 5.26 Å². The summed E-state index contributed by atoms with van der Waals surface area (Å²) in [4.78, 5) is 27.2. The van der Waals surface area contributed by atoms with Crippen LogP contribution in [0.5, 0.6) is 0 Å². The van der Waals surface area contributed by atoms with Crippen LogP contribution < -0.4 is 10.2 Å². The van der Waals surface area contributed by atoms with Gasteiger partial charge in [0.1, 0.15) is 0 Å². The average molecular weight is 424 g/mol. The van der Waals surface area contributed by atoms with Gasteiger partial charge in [0.25, 0.3) is 0 Å². The average Bonchev–Trinajstić information content (AvgIpc) is 2.83. The highest BCUT2D eigenvalue weighted by Crippen LogP contribution is 2.30. The molecule has 0 spiro atoms. The van der Waals surface area contributed by atoms with E-state index in [0.717, 1.165) is 40.9 Å². The van der Waals surface area contributed by atoms with Gasteiger partial charge in [0, 0.05) is 24.3 Å². The smallest absolute Gasteiger partial charge is 0.228 e. The quantitative estimate of drug-likeness (QED) is 0.627. The molecule has 0 fully saturated rings. The number of fused-ring (bicyclic) bond motifs is 1. The fraction of sp³-hybridized carbons (Fsp3) is 0.222. The molecule has 32 heavy (non-hydrogen) atoms. The first-order chi connectivity index (χ1) is 15.6. The fourth-order valence-electron chi connectivity index (χ4n) is 4.05. The highest BCUT2D eigenvalue weighted by molar-refractivity contribution is 5.96. The first kappa shape index (κ1) is 21.3. The minimum Gasteiger partial charge on any atom is -0.326 e. The molecule has 1 N–H and O–H groups in total. The number of hydrogen-bond donors (Lipinski definition) is 1. The number of anilines is 2. The van der Waals surface area contributed by atoms with Gasteiger partial charge in [-0.15, -0.1) is 0 Å². The van der Waals surface area contributed by atoms with Crippen LogP contribution >= 0.6 is 0 Å². The largest absolute Gasteiger partial charge is 0.326 e. The van der Waals surface area contributed by atoms with Gasteiger partial charge in [-0.05, 0) is 66.3 Å². The Morgan fingerprint density at radius 2 is 1.75 bits per heavy atom. The monoisotopic (exact) mass is 423 g/mol. The van der Waals surface area contributed by atoms with Gasteiger partial charge in [0.05, 0.1) is 18.1 Å². The summed E-state index contributed by atoms with van der Waals surface area (Å²) in [7, 11) is 0. The molecule has 3 aromatic rings. The van der Waals surface area contributed by atoms with Gasteiger partial charge in [0.15, 0.2) is 0 Å². The second-order valence-corrected chi connectivity index (χ2v) is 8.01. The Morgan fingerprint density at radius 3 is 2.50 bits per heavy atom. The molecule has 0 aromatic heterocycles. The summed E-state index contributed by atoms with van der Waals surface area (Å²) in [6.07, 6.45) is 3.18. The minimum absolute atomic E-state index is 0.0534. The molecule has 1 heterocycles. The van der Waals surface area contributed by atoms with Gasteiger partial charge >= 0.3 is 0 Å². The summed E-state index contributed by atoms with van der Waals surface area (Å²) in [6, 6.07) is 24.9. The van der Waals surface area contributed by atoms with Crippen LogP contribution in [0.1, 0.15) is 35.1 Å². The van der Waals surface area contributed by atoms with E-state index in [4.69, 9.17) is 5.26 Å². The third-order valence-electron chi connectivity index (χ3n) is 5.70. The lowest BCUT2D eigenvalue weighted by atomic mass is 9.99. The van der Waals surface area contributed by atoms with Crippen LogP contribution in [0.4, 0.5) is 11.4 Å². The highest BCUT2D eigenvalue weighted by Gasteiger charge is 2.22. The molecule has 0 bridgehead atoms. The molecule has 0 saturated heterocycles. The van der Waals surface area contributed by atoms with E-state index in [0.29, 0.717) is 31.4 Å². The predicted octanol–water partition coefficient (Wildman–Crippen LogP) is 4.65. The summed E-state index contributed by atoms with van der Waals surface area (Å²) >= 11 is 0. The van der Waals surface area contributed by atoms with Gasteiger partial charge in [0.2, 0.25) is 11.8 Å². The van der Waals surface area contributed by atoms with Gasteiger partial charge < -0.3 is 10.2 Å². The van der Waals surface area contributed by atoms with Crippen molar-refractivity contribution < 1.29 is 9.59 Å². The SMILES string of the molecule is N#Cc1ccc(CCC(=O)N2CCCc3cc(NC(=O)Cc4ccccc4)ccc32)cc1. The van der Waals surface area contributed by atoms with Crippen molar-refractivity contribution in [3.8, 4) is 6.07 Å². The van der Waals surface area contributed by atoms with Gasteiger partial charge in [-0.25, -0.2) is 0 Å². The molecule has 1 aliphatic rings. The van der Waals surface area contributed by atoms with Crippen LogP contribution in [-0.2, 0) is 28.9 Å². The van der Waals surface area contributed by atoms with Crippen molar-refractivity contribution in [2.75, 3.05) is 16.8 Å². The second kappa shape index (κ2) is 9.93. The number of carbonyl (C=O) groups excluding carboxylic acids is 2. The van der Waals surface area contributed by atoms with Crippen molar-refractivity contribution in [2.24, 2.45) is 0 Å². The molecule has 0 unspecified atom stereocenters. The van der Waals surface area contributed by atoms with E-state index in [9.17, 15) is 9.59 Å². The molecule has 160 valence electrons. The van der Waals surface area contributed by atoms with E-state index < -0.39 is 0 Å². The lowest BCUT2D eigenvalue weighted by Gasteiger charge is -2.30. The second-order valence-electron chi connectivity index (χ2n) is 8.01. The first-order valence-electron chi connectivity index (χ1n) is 10.9. The lowest BCUT2D eigenvalue weighted by Crippen LogP contribution is -2.35. The number of hydrogen-bond acceptors (Lipinski definition) is 3. The highest BCUT2D eigenvalue weighted by atomic mass is 16.2. The van der Waals surface area contributed by atoms with Crippen molar-refractivity contribution in [1.82, 2.24) is 0 Å². The topological polar surface area (TPSA) is 73.2 Å². The lowest BCUT2D eigenvalue weighted by molar-refractivity contribution is -0.118. The maximum atomic E-state index is 12.9. The van der Waals surface area contributed by atoms with Crippen LogP contribution in [0.25, 0.3) is 0 Å². The number of nitrogens with zero attached hydrogens (tertiary/aromatic N) is 2. The summed E-state index contributed by atoms with van der Waals surface area (Å²) in [6.45, 7) is 0.707. The van der Waals surface area contributed by atoms with Crippen LogP contribution in [0.2, 0.25) is 0 Å². The zero-order chi connectivity index (χ0) is 22.3. The third-order valence-corrected chi connectivity index (χ3v) is 5.70. The molecule has 1 aliphatic heterocycles. The molecule has 5 nitrogen and oxygen atoms in total. The predicted molar refractivity (Wildman–Crippen MR) is 125 cm³/mol. The van der Waals surface area contributed by atoms with Crippen molar-refractivity contribution in [3.63, 3.8) is 0 Å². The van der Waals surface area contributed by atoms with Crippen molar-refractivity contribution in [3.05, 3.63) is 95.1 Å². The third kappa shape index (κ3) is 5.22. The number of benzene rings is 3. The van der Waals surface area contributed by atoms with E-state index >= 15 is 0 Å². The number of nitrogens with one attached hydrogen (secondary N) is 1. The maximum Gasteiger partial charge on any atom is 0.228 e. The van der Waals surface area contributed by atoms with E-state index in [1.807, 2.05) is 65.6 Å². The van der Waals surface area contributed by atoms with Crippen LogP contribution in [-0.4, -0.2) is 18.4 Å². The Morgan fingerprint density at radius 1 is 0.969 bits per heavy atom. The van der Waals surface area contributed by atoms with Crippen molar-refractivity contribution in [1.29, 1.82) is 5.26 Å². The standard InChI is InChI=1S/C27H25N3O2/c28-19-22-10-8-20(9-11-22)12-15-27(32)30-16-4-7-23-18-24(13-14-25(23)30)29-26(31)17-21-5-2-1-3-6-21/h1-3,5-6,8-11,13-14,18H,4,7,12,15-17H2,(H,29,31). The molecule has 5 heteroatoms. The molecule has 0 saturated carbocycles. The maximum absolute atomic E-state index is 12.9. The summed E-state index contributed by atoms with van der Waals surface area (Å²) < 4.78 is 0. The van der Waals surface area contributed by atoms with Crippen molar-refractivity contribution >= 4 is 23.2 Å². The van der Waals surface area contributed by atoms with Crippen LogP contribution in [0, 0.1) is 11.3 Å². The Labute approximate surface area is 188 Å². The molecule has 0 aliphatic carbocycles.